The molecule has 0 aliphatic carbocycles. The van der Waals surface area contributed by atoms with Crippen LogP contribution in [0.2, 0.25) is 10.0 Å². The van der Waals surface area contributed by atoms with Gasteiger partial charge in [-0.2, -0.15) is 0 Å². The summed E-state index contributed by atoms with van der Waals surface area (Å²) >= 11 is 13.6. The van der Waals surface area contributed by atoms with E-state index in [0.717, 1.165) is 0 Å². The SMILES string of the molecule is Cc1nnc(N2C(=O)c3oc4ccccc4c(=O)c3C2c2ccc(Cl)c(Cl)c2)s1. The number of benzene rings is 2. The molecule has 1 atom stereocenters. The topological polar surface area (TPSA) is 76.3 Å². The Morgan fingerprint density at radius 2 is 1.86 bits per heavy atom. The third-order valence-electron chi connectivity index (χ3n) is 4.76. The van der Waals surface area contributed by atoms with Gasteiger partial charge >= 0.3 is 0 Å². The molecule has 3 heterocycles. The molecule has 0 fully saturated rings. The quantitative estimate of drug-likeness (QED) is 0.435. The second kappa shape index (κ2) is 6.66. The minimum absolute atomic E-state index is 0.00220. The summed E-state index contributed by atoms with van der Waals surface area (Å²) < 4.78 is 5.87. The monoisotopic (exact) mass is 443 g/mol. The fraction of sp³-hybridized carbons (Fsp3) is 0.100. The summed E-state index contributed by atoms with van der Waals surface area (Å²) in [7, 11) is 0. The molecule has 1 amide bonds. The van der Waals surface area contributed by atoms with E-state index in [4.69, 9.17) is 27.6 Å². The maximum atomic E-state index is 13.4. The fourth-order valence-electron chi connectivity index (χ4n) is 3.50. The average molecular weight is 444 g/mol. The lowest BCUT2D eigenvalue weighted by Gasteiger charge is -2.22. The minimum Gasteiger partial charge on any atom is -0.450 e. The first kappa shape index (κ1) is 18.3. The van der Waals surface area contributed by atoms with Crippen molar-refractivity contribution in [3.63, 3.8) is 0 Å². The summed E-state index contributed by atoms with van der Waals surface area (Å²) in [5.74, 6) is -0.451. The highest BCUT2D eigenvalue weighted by Crippen LogP contribution is 2.43. The Kier molecular flexibility index (Phi) is 4.20. The van der Waals surface area contributed by atoms with E-state index < -0.39 is 11.9 Å². The summed E-state index contributed by atoms with van der Waals surface area (Å²) in [6.45, 7) is 1.79. The van der Waals surface area contributed by atoms with Gasteiger partial charge in [-0.3, -0.25) is 14.5 Å². The Morgan fingerprint density at radius 3 is 2.59 bits per heavy atom. The van der Waals surface area contributed by atoms with Gasteiger partial charge in [-0.15, -0.1) is 10.2 Å². The molecule has 1 aliphatic rings. The van der Waals surface area contributed by atoms with E-state index in [-0.39, 0.29) is 16.8 Å². The zero-order valence-electron chi connectivity index (χ0n) is 14.8. The van der Waals surface area contributed by atoms with Gasteiger partial charge in [0.05, 0.1) is 27.0 Å². The molecule has 0 saturated carbocycles. The van der Waals surface area contributed by atoms with Gasteiger partial charge in [0.15, 0.2) is 5.43 Å². The predicted molar refractivity (Wildman–Crippen MR) is 112 cm³/mol. The van der Waals surface area contributed by atoms with Crippen LogP contribution in [-0.2, 0) is 0 Å². The van der Waals surface area contributed by atoms with Gasteiger partial charge in [-0.25, -0.2) is 0 Å². The number of amides is 1. The number of hydrogen-bond donors (Lipinski definition) is 0. The number of halogens is 2. The van der Waals surface area contributed by atoms with Gasteiger partial charge in [0, 0.05) is 0 Å². The van der Waals surface area contributed by atoms with E-state index in [1.54, 1.807) is 49.4 Å². The van der Waals surface area contributed by atoms with Gasteiger partial charge in [0.2, 0.25) is 10.9 Å². The molecule has 1 unspecified atom stereocenters. The van der Waals surface area contributed by atoms with E-state index in [9.17, 15) is 9.59 Å². The zero-order chi connectivity index (χ0) is 20.3. The highest BCUT2D eigenvalue weighted by molar-refractivity contribution is 7.15. The molecule has 144 valence electrons. The van der Waals surface area contributed by atoms with Crippen LogP contribution >= 0.6 is 34.5 Å². The smallest absolute Gasteiger partial charge is 0.297 e. The lowest BCUT2D eigenvalue weighted by molar-refractivity contribution is 0.0970. The maximum absolute atomic E-state index is 13.4. The van der Waals surface area contributed by atoms with Gasteiger partial charge in [-0.1, -0.05) is 52.7 Å². The van der Waals surface area contributed by atoms with Crippen LogP contribution in [0.5, 0.6) is 0 Å². The van der Waals surface area contributed by atoms with Crippen molar-refractivity contribution in [2.75, 3.05) is 4.90 Å². The lowest BCUT2D eigenvalue weighted by atomic mass is 9.99. The first-order valence-electron chi connectivity index (χ1n) is 8.60. The molecule has 5 rings (SSSR count). The van der Waals surface area contributed by atoms with Crippen LogP contribution in [0, 0.1) is 6.92 Å². The molecule has 0 N–H and O–H groups in total. The Labute approximate surface area is 178 Å². The highest BCUT2D eigenvalue weighted by Gasteiger charge is 2.45. The maximum Gasteiger partial charge on any atom is 0.297 e. The summed E-state index contributed by atoms with van der Waals surface area (Å²) in [6, 6.07) is 11.1. The molecule has 2 aromatic heterocycles. The van der Waals surface area contributed by atoms with E-state index in [1.165, 1.54) is 16.2 Å². The van der Waals surface area contributed by atoms with Crippen LogP contribution in [0.1, 0.15) is 32.7 Å². The summed E-state index contributed by atoms with van der Waals surface area (Å²) in [6.07, 6.45) is 0. The third kappa shape index (κ3) is 2.77. The summed E-state index contributed by atoms with van der Waals surface area (Å²) in [5.41, 5.74) is 0.963. The van der Waals surface area contributed by atoms with Crippen LogP contribution in [0.25, 0.3) is 11.0 Å². The predicted octanol–water partition coefficient (Wildman–Crippen LogP) is 5.01. The normalized spacial score (nSPS) is 15.9. The molecule has 4 aromatic rings. The van der Waals surface area contributed by atoms with Crippen LogP contribution in [0.3, 0.4) is 0 Å². The number of hydrogen-bond acceptors (Lipinski definition) is 6. The van der Waals surface area contributed by atoms with E-state index in [0.29, 0.717) is 36.7 Å². The molecule has 29 heavy (non-hydrogen) atoms. The van der Waals surface area contributed by atoms with Crippen molar-refractivity contribution < 1.29 is 9.21 Å². The summed E-state index contributed by atoms with van der Waals surface area (Å²) in [5, 5.41) is 10.3. The Morgan fingerprint density at radius 1 is 1.07 bits per heavy atom. The second-order valence-corrected chi connectivity index (χ2v) is 8.50. The van der Waals surface area contributed by atoms with Crippen LogP contribution in [0.15, 0.2) is 51.7 Å². The van der Waals surface area contributed by atoms with Crippen molar-refractivity contribution in [2.45, 2.75) is 13.0 Å². The van der Waals surface area contributed by atoms with E-state index in [2.05, 4.69) is 10.2 Å². The number of carbonyl (C=O) groups is 1. The van der Waals surface area contributed by atoms with Crippen LogP contribution < -0.4 is 10.3 Å². The molecule has 0 saturated heterocycles. The van der Waals surface area contributed by atoms with Crippen molar-refractivity contribution in [2.24, 2.45) is 0 Å². The molecule has 0 bridgehead atoms. The number of fused-ring (bicyclic) bond motifs is 2. The molecule has 9 heteroatoms. The Bertz CT molecular complexity index is 1360. The third-order valence-corrected chi connectivity index (χ3v) is 6.34. The van der Waals surface area contributed by atoms with Crippen molar-refractivity contribution in [3.8, 4) is 0 Å². The van der Waals surface area contributed by atoms with Gasteiger partial charge in [0.25, 0.3) is 5.91 Å². The minimum atomic E-state index is -0.750. The summed E-state index contributed by atoms with van der Waals surface area (Å²) in [4.78, 5) is 28.1. The fourth-order valence-corrected chi connectivity index (χ4v) is 4.52. The second-order valence-electron chi connectivity index (χ2n) is 6.53. The number of rotatable bonds is 2. The van der Waals surface area contributed by atoms with Gasteiger partial charge in [-0.05, 0) is 36.8 Å². The largest absolute Gasteiger partial charge is 0.450 e. The highest BCUT2D eigenvalue weighted by atomic mass is 35.5. The van der Waals surface area contributed by atoms with Crippen molar-refractivity contribution in [3.05, 3.63) is 84.6 Å². The molecule has 2 aromatic carbocycles. The number of aryl methyl sites for hydroxylation is 1. The first-order valence-corrected chi connectivity index (χ1v) is 10.2. The van der Waals surface area contributed by atoms with Crippen LogP contribution in [0.4, 0.5) is 5.13 Å². The average Bonchev–Trinajstić information content (AvgIpc) is 3.26. The van der Waals surface area contributed by atoms with Gasteiger partial charge < -0.3 is 4.42 Å². The van der Waals surface area contributed by atoms with Crippen molar-refractivity contribution in [1.82, 2.24) is 10.2 Å². The van der Waals surface area contributed by atoms with Crippen LogP contribution in [-0.4, -0.2) is 16.1 Å². The number of aromatic nitrogens is 2. The standard InChI is InChI=1S/C20H11Cl2N3O3S/c1-9-23-24-20(29-9)25-16(10-6-7-12(21)13(22)8-10)15-17(26)11-4-2-3-5-14(11)28-18(15)19(25)27/h2-8,16H,1H3. The zero-order valence-corrected chi connectivity index (χ0v) is 17.2. The Hall–Kier alpha value is -2.74. The molecule has 1 aliphatic heterocycles. The molecule has 6 nitrogen and oxygen atoms in total. The number of para-hydroxylation sites is 1. The van der Waals surface area contributed by atoms with Crippen molar-refractivity contribution >= 4 is 56.5 Å². The molecule has 0 spiro atoms. The van der Waals surface area contributed by atoms with E-state index in [1.807, 2.05) is 0 Å². The Balaban J connectivity index is 1.83. The number of anilines is 1. The number of nitrogens with zero attached hydrogens (tertiary/aromatic N) is 3. The molecular formula is C20H11Cl2N3O3S. The molecular weight excluding hydrogens is 433 g/mol. The van der Waals surface area contributed by atoms with Gasteiger partial charge in [0.1, 0.15) is 10.6 Å². The molecule has 0 radical (unpaired) electrons. The number of carbonyl (C=O) groups excluding carboxylic acids is 1. The first-order chi connectivity index (χ1) is 14.0. The van der Waals surface area contributed by atoms with E-state index >= 15 is 0 Å². The lowest BCUT2D eigenvalue weighted by Crippen LogP contribution is -2.29. The van der Waals surface area contributed by atoms with Crippen molar-refractivity contribution in [1.29, 1.82) is 0 Å².